The van der Waals surface area contributed by atoms with E-state index in [0.717, 1.165) is 38.6 Å². The number of esters is 1. The number of ether oxygens (including phenoxy) is 1. The summed E-state index contributed by atoms with van der Waals surface area (Å²) in [4.78, 5) is 16.9. The third-order valence-electron chi connectivity index (χ3n) is 4.36. The highest BCUT2D eigenvalue weighted by Gasteiger charge is 2.19. The van der Waals surface area contributed by atoms with Crippen molar-refractivity contribution in [1.82, 2.24) is 10.7 Å². The number of aryl methyl sites for hydroxylation is 1. The first-order valence-corrected chi connectivity index (χ1v) is 10.1. The van der Waals surface area contributed by atoms with Gasteiger partial charge >= 0.3 is 5.97 Å². The van der Waals surface area contributed by atoms with Crippen LogP contribution in [0.25, 0.3) is 0 Å². The number of nitrogens with zero attached hydrogens (tertiary/aromatic N) is 1. The van der Waals surface area contributed by atoms with E-state index >= 15 is 0 Å². The minimum Gasteiger partial charge on any atom is -0.465 e. The highest BCUT2D eigenvalue weighted by atomic mass is 17.1. The van der Waals surface area contributed by atoms with Crippen LogP contribution in [0.4, 0.5) is 0 Å². The summed E-state index contributed by atoms with van der Waals surface area (Å²) in [6.45, 7) is 2.01. The summed E-state index contributed by atoms with van der Waals surface area (Å²) < 4.78 is 5.43. The van der Waals surface area contributed by atoms with Crippen molar-refractivity contribution in [2.75, 3.05) is 26.3 Å². The molecular weight excluding hydrogens is 362 g/mol. The zero-order chi connectivity index (χ0) is 20.5. The zero-order valence-electron chi connectivity index (χ0n) is 16.6. The summed E-state index contributed by atoms with van der Waals surface area (Å²) in [5, 5.41) is 19.9. The topological polar surface area (TPSA) is 117 Å². The summed E-state index contributed by atoms with van der Waals surface area (Å²) in [5.74, 6) is -0.220. The Labute approximate surface area is 167 Å². The van der Waals surface area contributed by atoms with Gasteiger partial charge in [0, 0.05) is 0 Å². The standard InChI is InChI=1S/C20H35N3O5/c21-14-6-2-7-15-22-19(13-12-18-10-4-1-5-11-18)20(24)27-16-8-3-9-17-28-23(25)26/h1,4-5,10-11,19,22,25-26H,2-3,6-9,12-17,21H2. The quantitative estimate of drug-likeness (QED) is 0.180. The van der Waals surface area contributed by atoms with E-state index in [2.05, 4.69) is 22.3 Å². The average molecular weight is 398 g/mol. The fourth-order valence-corrected chi connectivity index (χ4v) is 2.78. The number of nitrogens with two attached hydrogens (primary N) is 1. The minimum atomic E-state index is -0.321. The molecule has 1 unspecified atom stereocenters. The van der Waals surface area contributed by atoms with Crippen molar-refractivity contribution in [2.45, 2.75) is 57.4 Å². The Morgan fingerprint density at radius 2 is 1.75 bits per heavy atom. The molecule has 0 saturated carbocycles. The highest BCUT2D eigenvalue weighted by Crippen LogP contribution is 2.08. The molecule has 0 aliphatic carbocycles. The fourth-order valence-electron chi connectivity index (χ4n) is 2.78. The number of carbonyl (C=O) groups excluding carboxylic acids is 1. The average Bonchev–Trinajstić information content (AvgIpc) is 2.69. The highest BCUT2D eigenvalue weighted by molar-refractivity contribution is 5.75. The molecule has 0 heterocycles. The summed E-state index contributed by atoms with van der Waals surface area (Å²) in [7, 11) is 0. The van der Waals surface area contributed by atoms with Gasteiger partial charge in [-0.25, -0.2) is 0 Å². The molecule has 1 atom stereocenters. The second-order valence-electron chi connectivity index (χ2n) is 6.69. The van der Waals surface area contributed by atoms with E-state index in [1.54, 1.807) is 0 Å². The van der Waals surface area contributed by atoms with Gasteiger partial charge in [0.15, 0.2) is 0 Å². The molecule has 1 rings (SSSR count). The number of rotatable bonds is 17. The van der Waals surface area contributed by atoms with Gasteiger partial charge in [-0.1, -0.05) is 36.8 Å². The first kappa shape index (κ1) is 24.5. The van der Waals surface area contributed by atoms with Gasteiger partial charge in [0.05, 0.1) is 18.6 Å². The molecule has 8 heteroatoms. The Morgan fingerprint density at radius 3 is 2.46 bits per heavy atom. The maximum atomic E-state index is 12.5. The maximum absolute atomic E-state index is 12.5. The SMILES string of the molecule is NCCCCCNC(CCc1ccccc1)C(=O)OCCCCCON(O)O. The van der Waals surface area contributed by atoms with Crippen molar-refractivity contribution in [3.05, 3.63) is 35.9 Å². The van der Waals surface area contributed by atoms with Gasteiger partial charge < -0.3 is 15.8 Å². The monoisotopic (exact) mass is 397 g/mol. The number of carbonyl (C=O) groups is 1. The second-order valence-corrected chi connectivity index (χ2v) is 6.69. The van der Waals surface area contributed by atoms with Gasteiger partial charge in [-0.05, 0) is 63.6 Å². The maximum Gasteiger partial charge on any atom is 0.323 e. The number of unbranched alkanes of at least 4 members (excludes halogenated alkanes) is 4. The van der Waals surface area contributed by atoms with Crippen molar-refractivity contribution in [1.29, 1.82) is 0 Å². The Hall–Kier alpha value is -1.55. The van der Waals surface area contributed by atoms with E-state index in [9.17, 15) is 4.79 Å². The molecule has 0 fully saturated rings. The molecule has 28 heavy (non-hydrogen) atoms. The Balaban J connectivity index is 2.31. The van der Waals surface area contributed by atoms with Crippen LogP contribution in [0.15, 0.2) is 30.3 Å². The molecule has 8 nitrogen and oxygen atoms in total. The normalized spacial score (nSPS) is 12.3. The lowest BCUT2D eigenvalue weighted by Gasteiger charge is -2.18. The molecule has 0 saturated heterocycles. The first-order chi connectivity index (χ1) is 13.6. The van der Waals surface area contributed by atoms with Gasteiger partial charge in [0.25, 0.3) is 0 Å². The Kier molecular flexibility index (Phi) is 14.4. The van der Waals surface area contributed by atoms with Crippen LogP contribution >= 0.6 is 0 Å². The third kappa shape index (κ3) is 12.8. The van der Waals surface area contributed by atoms with Gasteiger partial charge in [-0.3, -0.25) is 20.0 Å². The molecule has 1 aromatic carbocycles. The lowest BCUT2D eigenvalue weighted by molar-refractivity contribution is -0.492. The summed E-state index contributed by atoms with van der Waals surface area (Å²) in [6.07, 6.45) is 6.64. The second kappa shape index (κ2) is 16.4. The van der Waals surface area contributed by atoms with Crippen molar-refractivity contribution < 1.29 is 24.8 Å². The van der Waals surface area contributed by atoms with Crippen LogP contribution in [0.3, 0.4) is 0 Å². The van der Waals surface area contributed by atoms with E-state index in [1.807, 2.05) is 18.2 Å². The molecule has 0 amide bonds. The first-order valence-electron chi connectivity index (χ1n) is 10.1. The molecule has 160 valence electrons. The van der Waals surface area contributed by atoms with E-state index in [4.69, 9.17) is 20.9 Å². The Bertz CT molecular complexity index is 502. The largest absolute Gasteiger partial charge is 0.465 e. The van der Waals surface area contributed by atoms with Crippen LogP contribution in [0.5, 0.6) is 0 Å². The van der Waals surface area contributed by atoms with Crippen molar-refractivity contribution in [3.8, 4) is 0 Å². The molecule has 5 N–H and O–H groups in total. The van der Waals surface area contributed by atoms with Gasteiger partial charge in [-0.2, -0.15) is 0 Å². The van der Waals surface area contributed by atoms with Gasteiger partial charge in [0.2, 0.25) is 0 Å². The van der Waals surface area contributed by atoms with E-state index in [1.165, 1.54) is 5.56 Å². The smallest absolute Gasteiger partial charge is 0.323 e. The Morgan fingerprint density at radius 1 is 1.04 bits per heavy atom. The van der Waals surface area contributed by atoms with Crippen LogP contribution in [0.1, 0.15) is 50.5 Å². The van der Waals surface area contributed by atoms with Gasteiger partial charge in [-0.15, -0.1) is 0 Å². The third-order valence-corrected chi connectivity index (χ3v) is 4.36. The van der Waals surface area contributed by atoms with E-state index in [-0.39, 0.29) is 24.0 Å². The molecule has 0 aliphatic heterocycles. The molecule has 1 aromatic rings. The molecule has 0 spiro atoms. The zero-order valence-corrected chi connectivity index (χ0v) is 16.6. The van der Waals surface area contributed by atoms with Gasteiger partial charge in [0.1, 0.15) is 6.04 Å². The van der Waals surface area contributed by atoms with Crippen molar-refractivity contribution in [3.63, 3.8) is 0 Å². The van der Waals surface area contributed by atoms with Crippen LogP contribution in [0, 0.1) is 0 Å². The van der Waals surface area contributed by atoms with Crippen molar-refractivity contribution in [2.24, 2.45) is 5.73 Å². The summed E-state index contributed by atoms with van der Waals surface area (Å²) in [5.41, 5.74) is 6.72. The molecular formula is C20H35N3O5. The fraction of sp³-hybridized carbons (Fsp3) is 0.650. The number of hydrogen-bond acceptors (Lipinski definition) is 8. The molecule has 0 bridgehead atoms. The molecule has 0 aromatic heterocycles. The lowest BCUT2D eigenvalue weighted by Crippen LogP contribution is -2.39. The predicted octanol–water partition coefficient (Wildman–Crippen LogP) is 2.43. The van der Waals surface area contributed by atoms with Crippen LogP contribution in [-0.2, 0) is 20.8 Å². The summed E-state index contributed by atoms with van der Waals surface area (Å²) in [6, 6.07) is 9.78. The number of nitrogens with one attached hydrogen (secondary N) is 1. The molecule has 0 aliphatic rings. The number of benzene rings is 1. The van der Waals surface area contributed by atoms with E-state index in [0.29, 0.717) is 32.4 Å². The van der Waals surface area contributed by atoms with Crippen LogP contribution in [-0.4, -0.2) is 54.1 Å². The minimum absolute atomic E-state index is 0.199. The lowest BCUT2D eigenvalue weighted by atomic mass is 10.0. The van der Waals surface area contributed by atoms with Crippen LogP contribution in [0.2, 0.25) is 0 Å². The summed E-state index contributed by atoms with van der Waals surface area (Å²) >= 11 is 0. The number of hydrogen-bond donors (Lipinski definition) is 4. The van der Waals surface area contributed by atoms with E-state index < -0.39 is 0 Å². The van der Waals surface area contributed by atoms with Crippen LogP contribution < -0.4 is 11.1 Å². The molecule has 0 radical (unpaired) electrons. The van der Waals surface area contributed by atoms with Crippen molar-refractivity contribution >= 4 is 5.97 Å². The predicted molar refractivity (Wildman–Crippen MR) is 106 cm³/mol.